The predicted octanol–water partition coefficient (Wildman–Crippen LogP) is 0.593. The molecule has 0 aliphatic carbocycles. The molecule has 1 aliphatic heterocycles. The van der Waals surface area contributed by atoms with Gasteiger partial charge < -0.3 is 20.8 Å². The first kappa shape index (κ1) is 15.6. The molecule has 4 N–H and O–H groups in total. The average molecular weight is 293 g/mol. The molecule has 1 heterocycles. The van der Waals surface area contributed by atoms with Crippen LogP contribution < -0.4 is 5.73 Å². The molecule has 1 aromatic rings. The van der Waals surface area contributed by atoms with Gasteiger partial charge in [-0.05, 0) is 26.0 Å². The minimum Gasteiger partial charge on any atom is -0.508 e. The molecule has 0 bridgehead atoms. The largest absolute Gasteiger partial charge is 0.508 e. The molecule has 0 aromatic heterocycles. The van der Waals surface area contributed by atoms with Crippen LogP contribution in [0, 0.1) is 0 Å². The molecule has 0 spiro atoms. The Labute approximate surface area is 124 Å². The first-order chi connectivity index (χ1) is 9.83. The Morgan fingerprint density at radius 3 is 2.14 bits per heavy atom. The van der Waals surface area contributed by atoms with E-state index in [1.54, 1.807) is 4.90 Å². The van der Waals surface area contributed by atoms with Gasteiger partial charge in [0.1, 0.15) is 11.5 Å². The van der Waals surface area contributed by atoms with Gasteiger partial charge in [0.15, 0.2) is 0 Å². The van der Waals surface area contributed by atoms with E-state index < -0.39 is 0 Å². The molecular formula is C15H23N3O3. The Morgan fingerprint density at radius 2 is 1.67 bits per heavy atom. The summed E-state index contributed by atoms with van der Waals surface area (Å²) in [4.78, 5) is 16.4. The number of aromatic hydroxyl groups is 2. The second-order valence-corrected chi connectivity index (χ2v) is 6.03. The number of carbonyl (C=O) groups is 1. The lowest BCUT2D eigenvalue weighted by Gasteiger charge is -2.43. The lowest BCUT2D eigenvalue weighted by molar-refractivity contribution is 0.0426. The summed E-state index contributed by atoms with van der Waals surface area (Å²) in [6, 6.07) is 3.95. The number of hydrogen-bond acceptors (Lipinski definition) is 5. The van der Waals surface area contributed by atoms with Crippen LogP contribution in [0.1, 0.15) is 24.2 Å². The van der Waals surface area contributed by atoms with Crippen LogP contribution in [-0.2, 0) is 0 Å². The van der Waals surface area contributed by atoms with Gasteiger partial charge in [0.25, 0.3) is 5.91 Å². The Bertz CT molecular complexity index is 503. The molecule has 1 aliphatic rings. The molecular weight excluding hydrogens is 270 g/mol. The number of nitrogens with two attached hydrogens (primary N) is 1. The molecule has 1 saturated heterocycles. The number of phenols is 2. The highest BCUT2D eigenvalue weighted by molar-refractivity contribution is 5.95. The van der Waals surface area contributed by atoms with Gasteiger partial charge in [0.05, 0.1) is 0 Å². The summed E-state index contributed by atoms with van der Waals surface area (Å²) < 4.78 is 0. The Balaban J connectivity index is 2.03. The van der Waals surface area contributed by atoms with Gasteiger partial charge in [-0.1, -0.05) is 0 Å². The minimum absolute atomic E-state index is 0.0710. The minimum atomic E-state index is -0.175. The van der Waals surface area contributed by atoms with E-state index in [9.17, 15) is 15.0 Å². The normalized spacial score (nSPS) is 17.0. The summed E-state index contributed by atoms with van der Waals surface area (Å²) in [5.74, 6) is -0.395. The van der Waals surface area contributed by atoms with Crippen molar-refractivity contribution in [2.75, 3.05) is 32.7 Å². The highest BCUT2D eigenvalue weighted by Crippen LogP contribution is 2.22. The van der Waals surface area contributed by atoms with Crippen molar-refractivity contribution < 1.29 is 15.0 Å². The first-order valence-electron chi connectivity index (χ1n) is 7.11. The van der Waals surface area contributed by atoms with Gasteiger partial charge in [-0.3, -0.25) is 9.69 Å². The van der Waals surface area contributed by atoms with Gasteiger partial charge >= 0.3 is 0 Å². The van der Waals surface area contributed by atoms with Gasteiger partial charge in [-0.15, -0.1) is 0 Å². The van der Waals surface area contributed by atoms with Gasteiger partial charge in [-0.2, -0.15) is 0 Å². The van der Waals surface area contributed by atoms with Crippen molar-refractivity contribution in [3.8, 4) is 11.5 Å². The number of carbonyl (C=O) groups excluding carboxylic acids is 1. The smallest absolute Gasteiger partial charge is 0.254 e. The number of phenolic OH excluding ortho intramolecular Hbond substituents is 2. The van der Waals surface area contributed by atoms with Crippen LogP contribution in [0.2, 0.25) is 0 Å². The van der Waals surface area contributed by atoms with E-state index >= 15 is 0 Å². The van der Waals surface area contributed by atoms with E-state index in [-0.39, 0.29) is 22.9 Å². The molecule has 0 saturated carbocycles. The highest BCUT2D eigenvalue weighted by atomic mass is 16.3. The Hall–Kier alpha value is -1.79. The molecule has 0 atom stereocenters. The Morgan fingerprint density at radius 1 is 1.14 bits per heavy atom. The van der Waals surface area contributed by atoms with E-state index in [0.717, 1.165) is 13.1 Å². The molecule has 1 fully saturated rings. The molecule has 116 valence electrons. The second kappa shape index (κ2) is 5.91. The van der Waals surface area contributed by atoms with Crippen LogP contribution in [0.5, 0.6) is 11.5 Å². The van der Waals surface area contributed by atoms with Crippen molar-refractivity contribution in [2.24, 2.45) is 5.73 Å². The maximum Gasteiger partial charge on any atom is 0.254 e. The standard InChI is InChI=1S/C15H23N3O3/c1-15(2,10-16)18-5-3-17(4-6-18)14(21)11-7-12(19)9-13(20)8-11/h7-9,19-20H,3-6,10,16H2,1-2H3. The number of rotatable bonds is 3. The molecule has 0 unspecified atom stereocenters. The third-order valence-corrected chi connectivity index (χ3v) is 4.07. The summed E-state index contributed by atoms with van der Waals surface area (Å²) in [6.07, 6.45) is 0. The molecule has 1 aromatic carbocycles. The number of amides is 1. The molecule has 6 nitrogen and oxygen atoms in total. The number of benzene rings is 1. The number of nitrogens with zero attached hydrogens (tertiary/aromatic N) is 2. The molecule has 2 rings (SSSR count). The fourth-order valence-corrected chi connectivity index (χ4v) is 2.55. The zero-order chi connectivity index (χ0) is 15.6. The molecule has 1 amide bonds. The summed E-state index contributed by atoms with van der Waals surface area (Å²) >= 11 is 0. The van der Waals surface area contributed by atoms with Crippen molar-refractivity contribution in [1.82, 2.24) is 9.80 Å². The highest BCUT2D eigenvalue weighted by Gasteiger charge is 2.30. The maximum atomic E-state index is 12.4. The molecule has 0 radical (unpaired) electrons. The van der Waals surface area contributed by atoms with E-state index in [0.29, 0.717) is 25.2 Å². The van der Waals surface area contributed by atoms with E-state index in [1.165, 1.54) is 18.2 Å². The first-order valence-corrected chi connectivity index (χ1v) is 7.11. The summed E-state index contributed by atoms with van der Waals surface area (Å²) in [5, 5.41) is 18.9. The van der Waals surface area contributed by atoms with Gasteiger partial charge in [0.2, 0.25) is 0 Å². The number of piperazine rings is 1. The van der Waals surface area contributed by atoms with Crippen LogP contribution in [0.3, 0.4) is 0 Å². The fraction of sp³-hybridized carbons (Fsp3) is 0.533. The zero-order valence-corrected chi connectivity index (χ0v) is 12.5. The fourth-order valence-electron chi connectivity index (χ4n) is 2.55. The van der Waals surface area contributed by atoms with Gasteiger partial charge in [0, 0.05) is 49.9 Å². The van der Waals surface area contributed by atoms with Gasteiger partial charge in [-0.25, -0.2) is 0 Å². The van der Waals surface area contributed by atoms with E-state index in [2.05, 4.69) is 18.7 Å². The van der Waals surface area contributed by atoms with Crippen LogP contribution in [0.25, 0.3) is 0 Å². The third-order valence-electron chi connectivity index (χ3n) is 4.07. The van der Waals surface area contributed by atoms with Crippen LogP contribution in [-0.4, -0.2) is 64.2 Å². The van der Waals surface area contributed by atoms with Crippen molar-refractivity contribution in [1.29, 1.82) is 0 Å². The predicted molar refractivity (Wildman–Crippen MR) is 80.4 cm³/mol. The topological polar surface area (TPSA) is 90.0 Å². The quantitative estimate of drug-likeness (QED) is 0.759. The van der Waals surface area contributed by atoms with Crippen LogP contribution >= 0.6 is 0 Å². The number of hydrogen-bond donors (Lipinski definition) is 3. The van der Waals surface area contributed by atoms with Crippen LogP contribution in [0.15, 0.2) is 18.2 Å². The Kier molecular flexibility index (Phi) is 4.39. The summed E-state index contributed by atoms with van der Waals surface area (Å²) in [6.45, 7) is 7.51. The monoisotopic (exact) mass is 293 g/mol. The average Bonchev–Trinajstić information content (AvgIpc) is 2.45. The van der Waals surface area contributed by atoms with Crippen molar-refractivity contribution in [3.05, 3.63) is 23.8 Å². The lowest BCUT2D eigenvalue weighted by Crippen LogP contribution is -2.58. The zero-order valence-electron chi connectivity index (χ0n) is 12.5. The third kappa shape index (κ3) is 3.46. The van der Waals surface area contributed by atoms with E-state index in [4.69, 9.17) is 5.73 Å². The van der Waals surface area contributed by atoms with E-state index in [1.807, 2.05) is 0 Å². The van der Waals surface area contributed by atoms with Crippen LogP contribution in [0.4, 0.5) is 0 Å². The summed E-state index contributed by atoms with van der Waals surface area (Å²) in [5.41, 5.74) is 6.01. The maximum absolute atomic E-state index is 12.4. The van der Waals surface area contributed by atoms with Crippen molar-refractivity contribution >= 4 is 5.91 Å². The SMILES string of the molecule is CC(C)(CN)N1CCN(C(=O)c2cc(O)cc(O)c2)CC1. The molecule has 6 heteroatoms. The second-order valence-electron chi connectivity index (χ2n) is 6.03. The molecule has 21 heavy (non-hydrogen) atoms. The summed E-state index contributed by atoms with van der Waals surface area (Å²) in [7, 11) is 0. The van der Waals surface area contributed by atoms with Crippen molar-refractivity contribution in [3.63, 3.8) is 0 Å². The lowest BCUT2D eigenvalue weighted by atomic mass is 10.0. The van der Waals surface area contributed by atoms with Crippen molar-refractivity contribution in [2.45, 2.75) is 19.4 Å².